The van der Waals surface area contributed by atoms with Crippen LogP contribution in [-0.2, 0) is 33.0 Å². The van der Waals surface area contributed by atoms with Crippen LogP contribution in [0.2, 0.25) is 0 Å². The van der Waals surface area contributed by atoms with Crippen LogP contribution in [0, 0.1) is 0 Å². The van der Waals surface area contributed by atoms with Gasteiger partial charge in [0.25, 0.3) is 29.5 Å². The number of nitrogens with zero attached hydrogens (tertiary/aromatic N) is 4. The van der Waals surface area contributed by atoms with Crippen LogP contribution < -0.4 is 55.5 Å². The van der Waals surface area contributed by atoms with Crippen molar-refractivity contribution in [1.29, 1.82) is 0 Å². The lowest BCUT2D eigenvalue weighted by atomic mass is 10.3. The third kappa shape index (κ3) is 9.42. The number of anilines is 4. The molecule has 0 aliphatic heterocycles. The zero-order valence-electron chi connectivity index (χ0n) is 27.0. The number of halogens is 2. The molecule has 0 radical (unpaired) electrons. The van der Waals surface area contributed by atoms with Crippen molar-refractivity contribution in [3.05, 3.63) is 82.9 Å². The highest BCUT2D eigenvalue weighted by Crippen LogP contribution is 2.21. The summed E-state index contributed by atoms with van der Waals surface area (Å²) in [6.07, 6.45) is 6.35. The number of aromatic nitrogens is 4. The van der Waals surface area contributed by atoms with Crippen LogP contribution in [0.25, 0.3) is 0 Å². The third-order valence-electron chi connectivity index (χ3n) is 6.97. The van der Waals surface area contributed by atoms with Gasteiger partial charge in [-0.1, -0.05) is 6.58 Å². The molecule has 19 heteroatoms. The van der Waals surface area contributed by atoms with Crippen LogP contribution >= 0.6 is 15.9 Å². The van der Waals surface area contributed by atoms with Crippen molar-refractivity contribution in [1.82, 2.24) is 23.6 Å². The predicted molar refractivity (Wildman–Crippen MR) is 184 cm³/mol. The molecule has 4 heterocycles. The Kier molecular flexibility index (Phi) is 12.2. The summed E-state index contributed by atoms with van der Waals surface area (Å²) in [6.45, 7) is 4.15. The van der Waals surface area contributed by atoms with Crippen molar-refractivity contribution in [3.63, 3.8) is 0 Å². The summed E-state index contributed by atoms with van der Waals surface area (Å²) in [4.78, 5) is 66.3. The van der Waals surface area contributed by atoms with Gasteiger partial charge in [-0.3, -0.25) is 40.4 Å². The predicted octanol–water partition coefficient (Wildman–Crippen LogP) is -3.27. The van der Waals surface area contributed by atoms with Gasteiger partial charge in [0.05, 0.1) is 33.8 Å². The van der Waals surface area contributed by atoms with Gasteiger partial charge in [-0.25, -0.2) is 0 Å². The smallest absolute Gasteiger partial charge is 0.338 e. The molecule has 0 aliphatic rings. The molecular formula is C30H36BrClN12O5. The summed E-state index contributed by atoms with van der Waals surface area (Å²) in [7, 11) is 6.63. The lowest BCUT2D eigenvalue weighted by molar-refractivity contribution is -0.456. The normalized spacial score (nSPS) is 10.4. The number of hydrogen-bond donors (Lipinski definition) is 8. The maximum Gasteiger partial charge on any atom is 0.338 e. The van der Waals surface area contributed by atoms with E-state index >= 15 is 0 Å². The van der Waals surface area contributed by atoms with E-state index in [0.717, 1.165) is 0 Å². The van der Waals surface area contributed by atoms with Crippen molar-refractivity contribution in [2.24, 2.45) is 39.7 Å². The van der Waals surface area contributed by atoms with E-state index in [4.69, 9.17) is 11.5 Å². The van der Waals surface area contributed by atoms with E-state index in [1.165, 1.54) is 24.3 Å². The van der Waals surface area contributed by atoms with Crippen molar-refractivity contribution in [3.8, 4) is 0 Å². The number of nitrogens with two attached hydrogens (primary N) is 2. The zero-order chi connectivity index (χ0) is 35.3. The van der Waals surface area contributed by atoms with Crippen LogP contribution in [0.5, 0.6) is 0 Å². The number of rotatable bonds is 12. The minimum Gasteiger partial charge on any atom is -1.00 e. The molecular weight excluding hydrogens is 726 g/mol. The lowest BCUT2D eigenvalue weighted by Crippen LogP contribution is -3.00. The molecule has 5 amide bonds. The second-order valence-electron chi connectivity index (χ2n) is 10.8. The molecule has 0 fully saturated rings. The summed E-state index contributed by atoms with van der Waals surface area (Å²) >= 11 is 3.01. The minimum atomic E-state index is -0.477. The molecule has 4 rings (SSSR count). The molecule has 0 saturated carbocycles. The summed E-state index contributed by atoms with van der Waals surface area (Å²) in [5.41, 5.74) is 13.3. The highest BCUT2D eigenvalue weighted by atomic mass is 79.9. The van der Waals surface area contributed by atoms with Crippen LogP contribution in [0.4, 0.5) is 22.7 Å². The van der Waals surface area contributed by atoms with E-state index in [9.17, 15) is 24.0 Å². The minimum absolute atomic E-state index is 0. The number of amides is 5. The average molecular weight is 762 g/mol. The highest BCUT2D eigenvalue weighted by molar-refractivity contribution is 9.12. The molecule has 0 aliphatic carbocycles. The number of carbonyl (C=O) groups excluding carboxylic acids is 5. The van der Waals surface area contributed by atoms with Crippen LogP contribution in [-0.4, -0.2) is 66.9 Å². The Labute approximate surface area is 295 Å². The molecule has 0 spiro atoms. The maximum atomic E-state index is 13.2. The fourth-order valence-corrected chi connectivity index (χ4v) is 4.79. The van der Waals surface area contributed by atoms with E-state index in [1.54, 1.807) is 71.2 Å². The molecule has 49 heavy (non-hydrogen) atoms. The second-order valence-corrected chi connectivity index (χ2v) is 11.7. The molecule has 0 aromatic carbocycles. The van der Waals surface area contributed by atoms with Gasteiger partial charge in [0.2, 0.25) is 0 Å². The molecule has 0 saturated heterocycles. The third-order valence-corrected chi connectivity index (χ3v) is 7.33. The standard InChI is InChI=1S/C30H35BrN12O5.ClH/c1-16(31)25(44)36-17-9-22(41(3)12-17)27(46)38-19-11-24(43(5)14-19)29(48)39-20-10-23(42(4)15-20)28(47)37-18-8-21(40(2)13-18)26(45)34-6-7-35-30(32)33;/h8-15H,1,6-7H2,2-5H3,(H,34,45)(H,36,44)(H,37,47)(H,38,46)(H,39,48)(H4,32,33,35);1H/i29+2;. The first-order chi connectivity index (χ1) is 22.6. The largest absolute Gasteiger partial charge is 1.00 e. The van der Waals surface area contributed by atoms with E-state index in [1.807, 2.05) is 0 Å². The van der Waals surface area contributed by atoms with Crippen LogP contribution in [0.3, 0.4) is 0 Å². The number of carbonyl (C=O) groups is 5. The average Bonchev–Trinajstić information content (AvgIpc) is 3.76. The molecule has 0 atom stereocenters. The SMILES string of the molecule is C=C(Br)C(=O)Nc1cc(C(=O)Nc2cc([14C](=O)Nc3cc(C(=O)Nc4cc(C(=O)NCC[NH+]=C(N)N)n(C)c4)n(C)c3)n(C)c2)n(C)c1.[Cl-]. The number of hydrogen-bond acceptors (Lipinski definition) is 5. The number of aryl methyl sites for hydroxylation is 4. The van der Waals surface area contributed by atoms with Gasteiger partial charge in [0, 0.05) is 59.5 Å². The highest BCUT2D eigenvalue weighted by Gasteiger charge is 2.20. The molecule has 4 aromatic rings. The molecule has 0 bridgehead atoms. The van der Waals surface area contributed by atoms with Crippen molar-refractivity contribution in [2.45, 2.75) is 0 Å². The van der Waals surface area contributed by atoms with E-state index in [2.05, 4.69) is 54.1 Å². The fraction of sp³-hybridized carbons (Fsp3) is 0.200. The van der Waals surface area contributed by atoms with Gasteiger partial charge in [-0.15, -0.1) is 0 Å². The Morgan fingerprint density at radius 3 is 1.73 bits per heavy atom. The van der Waals surface area contributed by atoms with Gasteiger partial charge < -0.3 is 57.3 Å². The van der Waals surface area contributed by atoms with Crippen LogP contribution in [0.15, 0.2) is 60.1 Å². The fourth-order valence-electron chi connectivity index (χ4n) is 4.69. The van der Waals surface area contributed by atoms with Gasteiger partial charge in [-0.2, -0.15) is 0 Å². The summed E-state index contributed by atoms with van der Waals surface area (Å²) in [6, 6.07) is 6.07. The van der Waals surface area contributed by atoms with Gasteiger partial charge in [0.1, 0.15) is 22.8 Å². The van der Waals surface area contributed by atoms with Gasteiger partial charge in [0.15, 0.2) is 0 Å². The summed E-state index contributed by atoms with van der Waals surface area (Å²) < 4.78 is 6.37. The van der Waals surface area contributed by atoms with Crippen molar-refractivity contribution in [2.75, 3.05) is 34.4 Å². The summed E-state index contributed by atoms with van der Waals surface area (Å²) in [5.74, 6) is -2.13. The molecule has 0 unspecified atom stereocenters. The van der Waals surface area contributed by atoms with Crippen LogP contribution in [0.1, 0.15) is 42.0 Å². The number of nitrogens with one attached hydrogen (secondary N) is 6. The van der Waals surface area contributed by atoms with Crippen molar-refractivity contribution >= 4 is 74.2 Å². The Morgan fingerprint density at radius 2 is 1.20 bits per heavy atom. The quantitative estimate of drug-likeness (QED) is 0.0318. The van der Waals surface area contributed by atoms with E-state index in [0.29, 0.717) is 35.0 Å². The maximum absolute atomic E-state index is 13.2. The first kappa shape index (κ1) is 37.7. The Hall–Kier alpha value is -5.75. The van der Waals surface area contributed by atoms with E-state index in [-0.39, 0.29) is 52.4 Å². The second kappa shape index (κ2) is 15.9. The van der Waals surface area contributed by atoms with Gasteiger partial charge in [-0.05, 0) is 40.2 Å². The molecule has 260 valence electrons. The topological polar surface area (TPSA) is 231 Å². The van der Waals surface area contributed by atoms with Gasteiger partial charge >= 0.3 is 5.96 Å². The molecule has 4 aromatic heterocycles. The van der Waals surface area contributed by atoms with E-state index < -0.39 is 23.6 Å². The molecule has 17 nitrogen and oxygen atoms in total. The Morgan fingerprint density at radius 1 is 0.755 bits per heavy atom. The first-order valence-corrected chi connectivity index (χ1v) is 15.1. The lowest BCUT2D eigenvalue weighted by Gasteiger charge is -2.03. The first-order valence-electron chi connectivity index (χ1n) is 14.3. The van der Waals surface area contributed by atoms with Crippen molar-refractivity contribution < 1.29 is 41.4 Å². The number of guanidine groups is 1. The summed E-state index contributed by atoms with van der Waals surface area (Å²) in [5, 5.41) is 13.6. The monoisotopic (exact) mass is 760 g/mol. The molecule has 10 N–H and O–H groups in total. The Balaban J connectivity index is 0.00000650. The zero-order valence-corrected chi connectivity index (χ0v) is 29.3. The Bertz CT molecular complexity index is 1960.